The van der Waals surface area contributed by atoms with Crippen molar-refractivity contribution in [1.29, 1.82) is 0 Å². The van der Waals surface area contributed by atoms with Gasteiger partial charge in [-0.1, -0.05) is 30.3 Å². The van der Waals surface area contributed by atoms with E-state index in [0.29, 0.717) is 39.1 Å². The molecule has 0 radical (unpaired) electrons. The lowest BCUT2D eigenvalue weighted by atomic mass is 9.73. The molecule has 0 aliphatic carbocycles. The number of nitrogens with zero attached hydrogens (tertiary/aromatic N) is 3. The van der Waals surface area contributed by atoms with Crippen LogP contribution in [0.15, 0.2) is 47.3 Å². The maximum Gasteiger partial charge on any atom is 0.266 e. The van der Waals surface area contributed by atoms with Crippen molar-refractivity contribution in [3.63, 3.8) is 0 Å². The molecule has 1 fully saturated rings. The Kier molecular flexibility index (Phi) is 6.29. The Morgan fingerprint density at radius 1 is 1.16 bits per heavy atom. The van der Waals surface area contributed by atoms with Gasteiger partial charge in [-0.15, -0.1) is 11.3 Å². The first-order valence-corrected chi connectivity index (χ1v) is 11.3. The van der Waals surface area contributed by atoms with Gasteiger partial charge in [0, 0.05) is 25.8 Å². The molecular formula is C23H26N4O3S. The number of aryl methyl sites for hydroxylation is 2. The van der Waals surface area contributed by atoms with Gasteiger partial charge >= 0.3 is 0 Å². The molecule has 1 saturated heterocycles. The van der Waals surface area contributed by atoms with Crippen LogP contribution in [0.5, 0.6) is 0 Å². The molecule has 1 N–H and O–H groups in total. The van der Waals surface area contributed by atoms with Crippen LogP contribution in [0.25, 0.3) is 10.6 Å². The molecule has 0 spiro atoms. The number of hydrogen-bond acceptors (Lipinski definition) is 6. The monoisotopic (exact) mass is 438 g/mol. The van der Waals surface area contributed by atoms with Crippen LogP contribution >= 0.6 is 11.3 Å². The smallest absolute Gasteiger partial charge is 0.266 e. The molecule has 8 heteroatoms. The van der Waals surface area contributed by atoms with Gasteiger partial charge in [0.15, 0.2) is 0 Å². The molecule has 1 amide bonds. The maximum atomic E-state index is 13.3. The zero-order valence-electron chi connectivity index (χ0n) is 17.8. The summed E-state index contributed by atoms with van der Waals surface area (Å²) in [5.74, 6) is -0.0277. The fourth-order valence-corrected chi connectivity index (χ4v) is 4.95. The minimum absolute atomic E-state index is 0.0277. The fourth-order valence-electron chi connectivity index (χ4n) is 4.07. The summed E-state index contributed by atoms with van der Waals surface area (Å²) < 4.78 is 6.92. The Labute approximate surface area is 185 Å². The van der Waals surface area contributed by atoms with Gasteiger partial charge in [0.05, 0.1) is 27.5 Å². The second-order valence-corrected chi connectivity index (χ2v) is 8.95. The number of carbonyl (C=O) groups is 1. The van der Waals surface area contributed by atoms with E-state index >= 15 is 0 Å². The molecule has 1 aliphatic heterocycles. The van der Waals surface area contributed by atoms with Gasteiger partial charge in [0.25, 0.3) is 5.56 Å². The lowest BCUT2D eigenvalue weighted by molar-refractivity contribution is -0.130. The van der Waals surface area contributed by atoms with E-state index in [2.05, 4.69) is 15.4 Å². The van der Waals surface area contributed by atoms with Crippen LogP contribution in [-0.4, -0.2) is 40.4 Å². The largest absolute Gasteiger partial charge is 0.381 e. The minimum atomic E-state index is -0.600. The normalized spacial score (nSPS) is 15.5. The van der Waals surface area contributed by atoms with E-state index in [4.69, 9.17) is 4.74 Å². The first-order valence-electron chi connectivity index (χ1n) is 10.4. The molecule has 4 rings (SSSR count). The van der Waals surface area contributed by atoms with Crippen LogP contribution in [-0.2, 0) is 21.5 Å². The van der Waals surface area contributed by atoms with E-state index in [1.54, 1.807) is 17.4 Å². The van der Waals surface area contributed by atoms with Crippen molar-refractivity contribution in [2.24, 2.45) is 0 Å². The summed E-state index contributed by atoms with van der Waals surface area (Å²) in [5, 5.41) is 8.50. The highest BCUT2D eigenvalue weighted by molar-refractivity contribution is 7.15. The number of thiazole rings is 1. The number of nitrogens with one attached hydrogen (secondary N) is 1. The third kappa shape index (κ3) is 4.45. The summed E-state index contributed by atoms with van der Waals surface area (Å²) >= 11 is 1.56. The first-order chi connectivity index (χ1) is 15.0. The van der Waals surface area contributed by atoms with Crippen molar-refractivity contribution < 1.29 is 9.53 Å². The van der Waals surface area contributed by atoms with Crippen LogP contribution in [0, 0.1) is 13.8 Å². The molecule has 3 aromatic rings. The predicted molar refractivity (Wildman–Crippen MR) is 120 cm³/mol. The number of carbonyl (C=O) groups excluding carboxylic acids is 1. The number of amides is 1. The summed E-state index contributed by atoms with van der Waals surface area (Å²) in [6, 6.07) is 13.1. The molecule has 1 aromatic carbocycles. The van der Waals surface area contributed by atoms with Crippen LogP contribution in [0.3, 0.4) is 0 Å². The maximum absolute atomic E-state index is 13.3. The van der Waals surface area contributed by atoms with Crippen molar-refractivity contribution >= 4 is 17.2 Å². The molecule has 2 aromatic heterocycles. The predicted octanol–water partition coefficient (Wildman–Crippen LogP) is 2.85. The summed E-state index contributed by atoms with van der Waals surface area (Å²) in [4.78, 5) is 31.0. The molecule has 0 unspecified atom stereocenters. The van der Waals surface area contributed by atoms with Crippen molar-refractivity contribution in [3.05, 3.63) is 69.1 Å². The van der Waals surface area contributed by atoms with Crippen molar-refractivity contribution in [3.8, 4) is 10.6 Å². The average molecular weight is 439 g/mol. The number of rotatable bonds is 6. The standard InChI is InChI=1S/C23H26N4O3S/c1-16-21(31-17(2)25-16)19-8-9-20(28)27(26-19)13-12-24-22(29)23(10-14-30-15-11-23)18-6-4-3-5-7-18/h3-9H,10-15H2,1-2H3,(H,24,29). The molecule has 3 heterocycles. The Bertz CT molecular complexity index is 1120. The van der Waals surface area contributed by atoms with Gasteiger partial charge in [-0.3, -0.25) is 9.59 Å². The highest BCUT2D eigenvalue weighted by Crippen LogP contribution is 2.35. The number of ether oxygens (including phenoxy) is 1. The van der Waals surface area contributed by atoms with Crippen LogP contribution in [0.4, 0.5) is 0 Å². The molecule has 0 saturated carbocycles. The highest BCUT2D eigenvalue weighted by atomic mass is 32.1. The summed E-state index contributed by atoms with van der Waals surface area (Å²) in [6.07, 6.45) is 1.28. The number of hydrogen-bond donors (Lipinski definition) is 1. The lowest BCUT2D eigenvalue weighted by Gasteiger charge is -2.36. The van der Waals surface area contributed by atoms with Crippen LogP contribution in [0.2, 0.25) is 0 Å². The van der Waals surface area contributed by atoms with Gasteiger partial charge in [-0.05, 0) is 38.3 Å². The summed E-state index contributed by atoms with van der Waals surface area (Å²) in [6.45, 7) is 5.62. The number of benzene rings is 1. The molecular weight excluding hydrogens is 412 g/mol. The second-order valence-electron chi connectivity index (χ2n) is 7.74. The molecule has 0 bridgehead atoms. The first kappa shape index (κ1) is 21.4. The lowest BCUT2D eigenvalue weighted by Crippen LogP contribution is -2.49. The Hall–Kier alpha value is -2.84. The molecule has 0 atom stereocenters. The minimum Gasteiger partial charge on any atom is -0.381 e. The van der Waals surface area contributed by atoms with Crippen molar-refractivity contribution in [1.82, 2.24) is 20.1 Å². The Morgan fingerprint density at radius 2 is 1.90 bits per heavy atom. The third-order valence-electron chi connectivity index (χ3n) is 5.72. The van der Waals surface area contributed by atoms with Gasteiger partial charge < -0.3 is 10.1 Å². The fraction of sp³-hybridized carbons (Fsp3) is 0.391. The highest BCUT2D eigenvalue weighted by Gasteiger charge is 2.41. The molecule has 31 heavy (non-hydrogen) atoms. The van der Waals surface area contributed by atoms with E-state index in [1.165, 1.54) is 10.7 Å². The average Bonchev–Trinajstić information content (AvgIpc) is 3.14. The topological polar surface area (TPSA) is 86.1 Å². The molecule has 1 aliphatic rings. The van der Waals surface area contributed by atoms with E-state index in [0.717, 1.165) is 26.8 Å². The SMILES string of the molecule is Cc1nc(C)c(-c2ccc(=O)n(CCNC(=O)C3(c4ccccc4)CCOCC3)n2)s1. The summed E-state index contributed by atoms with van der Waals surface area (Å²) in [7, 11) is 0. The molecule has 162 valence electrons. The van der Waals surface area contributed by atoms with Crippen molar-refractivity contribution in [2.45, 2.75) is 38.6 Å². The Morgan fingerprint density at radius 3 is 2.58 bits per heavy atom. The van der Waals surface area contributed by atoms with E-state index < -0.39 is 5.41 Å². The van der Waals surface area contributed by atoms with Crippen LogP contribution < -0.4 is 10.9 Å². The van der Waals surface area contributed by atoms with E-state index in [-0.39, 0.29) is 11.5 Å². The number of aromatic nitrogens is 3. The van der Waals surface area contributed by atoms with Gasteiger partial charge in [-0.25, -0.2) is 9.67 Å². The van der Waals surface area contributed by atoms with Gasteiger partial charge in [-0.2, -0.15) is 5.10 Å². The van der Waals surface area contributed by atoms with E-state index in [1.807, 2.05) is 44.2 Å². The molecule has 7 nitrogen and oxygen atoms in total. The summed E-state index contributed by atoms with van der Waals surface area (Å²) in [5.41, 5.74) is 1.83. The van der Waals surface area contributed by atoms with Crippen LogP contribution in [0.1, 0.15) is 29.1 Å². The Balaban J connectivity index is 1.48. The second kappa shape index (κ2) is 9.11. The van der Waals surface area contributed by atoms with E-state index in [9.17, 15) is 9.59 Å². The zero-order chi connectivity index (χ0) is 21.8. The quantitative estimate of drug-likeness (QED) is 0.640. The third-order valence-corrected chi connectivity index (χ3v) is 6.81. The van der Waals surface area contributed by atoms with Gasteiger partial charge in [0.2, 0.25) is 5.91 Å². The zero-order valence-corrected chi connectivity index (χ0v) is 18.6. The van der Waals surface area contributed by atoms with Gasteiger partial charge in [0.1, 0.15) is 5.69 Å². The van der Waals surface area contributed by atoms with Crippen molar-refractivity contribution in [2.75, 3.05) is 19.8 Å².